The van der Waals surface area contributed by atoms with Gasteiger partial charge in [-0.15, -0.1) is 10.2 Å². The fourth-order valence-corrected chi connectivity index (χ4v) is 4.40. The summed E-state index contributed by atoms with van der Waals surface area (Å²) in [6.45, 7) is 1.88. The van der Waals surface area contributed by atoms with E-state index in [9.17, 15) is 4.79 Å². The van der Waals surface area contributed by atoms with E-state index in [1.54, 1.807) is 24.3 Å². The molecule has 3 aromatic carbocycles. The van der Waals surface area contributed by atoms with Crippen LogP contribution in [0.25, 0.3) is 16.7 Å². The van der Waals surface area contributed by atoms with Crippen LogP contribution in [0, 0.1) is 6.92 Å². The van der Waals surface area contributed by atoms with Crippen LogP contribution in [0.5, 0.6) is 0 Å². The van der Waals surface area contributed by atoms with E-state index in [1.165, 1.54) is 0 Å². The lowest BCUT2D eigenvalue weighted by atomic mass is 10.0. The highest BCUT2D eigenvalue weighted by Crippen LogP contribution is 2.30. The molecule has 8 heteroatoms. The Morgan fingerprint density at radius 1 is 1.00 bits per heavy atom. The number of hydrogen-bond donors (Lipinski definition) is 1. The maximum atomic E-state index is 13.2. The number of carbonyl (C=O) groups is 1. The lowest BCUT2D eigenvalue weighted by Gasteiger charge is -2.13. The summed E-state index contributed by atoms with van der Waals surface area (Å²) >= 11 is 6.08. The van der Waals surface area contributed by atoms with E-state index in [0.717, 1.165) is 27.9 Å². The number of benzene rings is 3. The van der Waals surface area contributed by atoms with E-state index in [1.807, 2.05) is 66.1 Å². The number of nitrogens with zero attached hydrogens (tertiary/aromatic N) is 4. The Kier molecular flexibility index (Phi) is 4.78. The molecular formula is C26H18ClN5O2. The first kappa shape index (κ1) is 20.4. The second kappa shape index (κ2) is 7.97. The Morgan fingerprint density at radius 2 is 1.79 bits per heavy atom. The maximum absolute atomic E-state index is 13.2. The Bertz CT molecular complexity index is 1590. The number of aromatic nitrogens is 3. The Hall–Kier alpha value is -4.23. The average molecular weight is 468 g/mol. The molecule has 0 radical (unpaired) electrons. The van der Waals surface area contributed by atoms with Crippen LogP contribution in [-0.2, 0) is 0 Å². The highest BCUT2D eigenvalue weighted by atomic mass is 35.5. The third-order valence-corrected chi connectivity index (χ3v) is 6.00. The fraction of sp³-hybridized carbons (Fsp3) is 0.0769. The molecule has 0 saturated heterocycles. The zero-order chi connectivity index (χ0) is 23.2. The number of para-hydroxylation sites is 1. The number of hydrogen-bond acceptors (Lipinski definition) is 5. The number of furan rings is 1. The van der Waals surface area contributed by atoms with Crippen molar-refractivity contribution in [2.24, 2.45) is 4.99 Å². The first-order valence-corrected chi connectivity index (χ1v) is 11.1. The second-order valence-corrected chi connectivity index (χ2v) is 8.41. The molecule has 34 heavy (non-hydrogen) atoms. The van der Waals surface area contributed by atoms with Gasteiger partial charge in [-0.25, -0.2) is 0 Å². The number of nitrogens with one attached hydrogen (secondary N) is 1. The minimum Gasteiger partial charge on any atom is -0.451 e. The molecule has 5 aromatic rings. The molecule has 1 aliphatic rings. The summed E-state index contributed by atoms with van der Waals surface area (Å²) in [4.78, 5) is 18.2. The predicted octanol–water partition coefficient (Wildman–Crippen LogP) is 5.25. The van der Waals surface area contributed by atoms with Gasteiger partial charge in [-0.3, -0.25) is 14.4 Å². The van der Waals surface area contributed by atoms with Gasteiger partial charge in [0.2, 0.25) is 0 Å². The highest BCUT2D eigenvalue weighted by Gasteiger charge is 2.29. The van der Waals surface area contributed by atoms with Crippen molar-refractivity contribution in [2.45, 2.75) is 13.1 Å². The van der Waals surface area contributed by atoms with Gasteiger partial charge >= 0.3 is 0 Å². The van der Waals surface area contributed by atoms with E-state index < -0.39 is 12.1 Å². The van der Waals surface area contributed by atoms with Crippen LogP contribution >= 0.6 is 11.6 Å². The number of aryl methyl sites for hydroxylation is 1. The lowest BCUT2D eigenvalue weighted by molar-refractivity contribution is 0.0910. The second-order valence-electron chi connectivity index (χ2n) is 7.97. The molecule has 1 unspecified atom stereocenters. The van der Waals surface area contributed by atoms with E-state index in [0.29, 0.717) is 22.3 Å². The first-order chi connectivity index (χ1) is 16.6. The van der Waals surface area contributed by atoms with Gasteiger partial charge in [0.25, 0.3) is 5.91 Å². The largest absolute Gasteiger partial charge is 0.451 e. The molecule has 166 valence electrons. The molecule has 6 rings (SSSR count). The quantitative estimate of drug-likeness (QED) is 0.392. The topological polar surface area (TPSA) is 85.3 Å². The molecule has 0 spiro atoms. The standard InChI is InChI=1S/C26H18ClN5O2/c1-15-30-31-25-24(29-26(33)22-14-17-13-18(27)11-12-21(17)34-22)28-23(16-7-3-2-4-8-16)19-9-5-6-10-20(19)32(15)25/h2-14,24H,1H3,(H,29,33). The van der Waals surface area contributed by atoms with Gasteiger partial charge in [0, 0.05) is 21.5 Å². The summed E-state index contributed by atoms with van der Waals surface area (Å²) in [6.07, 6.45) is -0.784. The number of amides is 1. The molecule has 2 aromatic heterocycles. The smallest absolute Gasteiger partial charge is 0.289 e. The van der Waals surface area contributed by atoms with Crippen molar-refractivity contribution in [3.63, 3.8) is 0 Å². The van der Waals surface area contributed by atoms with Gasteiger partial charge in [0.05, 0.1) is 11.4 Å². The highest BCUT2D eigenvalue weighted by molar-refractivity contribution is 6.31. The third kappa shape index (κ3) is 3.38. The molecule has 7 nitrogen and oxygen atoms in total. The number of halogens is 1. The lowest BCUT2D eigenvalue weighted by Crippen LogP contribution is -2.29. The van der Waals surface area contributed by atoms with Crippen molar-refractivity contribution in [1.82, 2.24) is 20.1 Å². The SMILES string of the molecule is Cc1nnc2n1-c1ccccc1C(c1ccccc1)=NC2NC(=O)c1cc2cc(Cl)ccc2o1. The molecule has 3 heterocycles. The Morgan fingerprint density at radius 3 is 2.65 bits per heavy atom. The van der Waals surface area contributed by atoms with Gasteiger partial charge in [-0.05, 0) is 37.3 Å². The van der Waals surface area contributed by atoms with Crippen LogP contribution in [0.1, 0.15) is 39.5 Å². The minimum absolute atomic E-state index is 0.165. The van der Waals surface area contributed by atoms with Gasteiger partial charge in [-0.2, -0.15) is 0 Å². The van der Waals surface area contributed by atoms with Crippen molar-refractivity contribution in [3.05, 3.63) is 112 Å². The molecule has 1 N–H and O–H groups in total. The number of aliphatic imine (C=N–C) groups is 1. The molecule has 0 saturated carbocycles. The molecule has 0 bridgehead atoms. The summed E-state index contributed by atoms with van der Waals surface area (Å²) in [7, 11) is 0. The molecule has 0 fully saturated rings. The van der Waals surface area contributed by atoms with E-state index >= 15 is 0 Å². The summed E-state index contributed by atoms with van der Waals surface area (Å²) in [6, 6.07) is 24.7. The minimum atomic E-state index is -0.784. The van der Waals surface area contributed by atoms with Gasteiger partial charge in [0.1, 0.15) is 11.4 Å². The van der Waals surface area contributed by atoms with Crippen molar-refractivity contribution >= 4 is 34.2 Å². The predicted molar refractivity (Wildman–Crippen MR) is 130 cm³/mol. The zero-order valence-electron chi connectivity index (χ0n) is 18.1. The number of rotatable bonds is 3. The van der Waals surface area contributed by atoms with Crippen molar-refractivity contribution in [2.75, 3.05) is 0 Å². The maximum Gasteiger partial charge on any atom is 0.289 e. The van der Waals surface area contributed by atoms with Gasteiger partial charge in [0.15, 0.2) is 17.8 Å². The van der Waals surface area contributed by atoms with Crippen LogP contribution in [0.15, 0.2) is 88.3 Å². The molecule has 1 aliphatic heterocycles. The Labute approximate surface area is 199 Å². The normalized spacial score (nSPS) is 14.8. The summed E-state index contributed by atoms with van der Waals surface area (Å²) in [5.41, 5.74) is 4.09. The van der Waals surface area contributed by atoms with Crippen LogP contribution in [0.2, 0.25) is 5.02 Å². The summed E-state index contributed by atoms with van der Waals surface area (Å²) < 4.78 is 7.69. The summed E-state index contributed by atoms with van der Waals surface area (Å²) in [5.74, 6) is 0.970. The van der Waals surface area contributed by atoms with Crippen LogP contribution in [-0.4, -0.2) is 26.4 Å². The van der Waals surface area contributed by atoms with E-state index in [4.69, 9.17) is 21.0 Å². The van der Waals surface area contributed by atoms with Crippen molar-refractivity contribution in [1.29, 1.82) is 0 Å². The third-order valence-electron chi connectivity index (χ3n) is 5.77. The fourth-order valence-electron chi connectivity index (χ4n) is 4.22. The molecule has 1 atom stereocenters. The monoisotopic (exact) mass is 467 g/mol. The van der Waals surface area contributed by atoms with Crippen molar-refractivity contribution < 1.29 is 9.21 Å². The molecular weight excluding hydrogens is 450 g/mol. The van der Waals surface area contributed by atoms with Gasteiger partial charge in [-0.1, -0.05) is 60.1 Å². The van der Waals surface area contributed by atoms with E-state index in [2.05, 4.69) is 15.5 Å². The van der Waals surface area contributed by atoms with Crippen LogP contribution < -0.4 is 5.32 Å². The number of fused-ring (bicyclic) bond motifs is 4. The number of carbonyl (C=O) groups excluding carboxylic acids is 1. The van der Waals surface area contributed by atoms with Crippen LogP contribution in [0.4, 0.5) is 0 Å². The van der Waals surface area contributed by atoms with Crippen molar-refractivity contribution in [3.8, 4) is 5.69 Å². The first-order valence-electron chi connectivity index (χ1n) is 10.7. The Balaban J connectivity index is 1.48. The molecule has 0 aliphatic carbocycles. The molecule has 1 amide bonds. The zero-order valence-corrected chi connectivity index (χ0v) is 18.8. The average Bonchev–Trinajstić information content (AvgIpc) is 3.42. The van der Waals surface area contributed by atoms with Crippen LogP contribution in [0.3, 0.4) is 0 Å². The van der Waals surface area contributed by atoms with Gasteiger partial charge < -0.3 is 9.73 Å². The van der Waals surface area contributed by atoms with E-state index in [-0.39, 0.29) is 5.76 Å². The summed E-state index contributed by atoms with van der Waals surface area (Å²) in [5, 5.41) is 12.9.